The Hall–Kier alpha value is -0.960. The van der Waals surface area contributed by atoms with Crippen LogP contribution in [0.3, 0.4) is 0 Å². The Morgan fingerprint density at radius 3 is 2.79 bits per heavy atom. The zero-order valence-corrected chi connectivity index (χ0v) is 11.6. The SMILES string of the molecule is CCOC(=O)CCN[C@H]1N[C@@H](Cl)N[C@@H](C)[C@H]1[N+](=O)[O-]. The van der Waals surface area contributed by atoms with E-state index in [2.05, 4.69) is 16.0 Å². The van der Waals surface area contributed by atoms with E-state index in [4.69, 9.17) is 16.3 Å². The summed E-state index contributed by atoms with van der Waals surface area (Å²) in [6.07, 6.45) is -0.436. The molecule has 4 atom stereocenters. The van der Waals surface area contributed by atoms with Crippen molar-refractivity contribution >= 4 is 17.6 Å². The van der Waals surface area contributed by atoms with E-state index in [1.807, 2.05) is 0 Å². The number of halogens is 1. The number of hydrogen-bond donors (Lipinski definition) is 3. The topological polar surface area (TPSA) is 106 Å². The van der Waals surface area contributed by atoms with Crippen molar-refractivity contribution in [1.29, 1.82) is 0 Å². The van der Waals surface area contributed by atoms with Gasteiger partial charge in [0.2, 0.25) is 0 Å². The van der Waals surface area contributed by atoms with Gasteiger partial charge in [-0.3, -0.25) is 30.9 Å². The van der Waals surface area contributed by atoms with Gasteiger partial charge in [-0.25, -0.2) is 0 Å². The third-order valence-corrected chi connectivity index (χ3v) is 3.08. The summed E-state index contributed by atoms with van der Waals surface area (Å²) in [6, 6.07) is -1.24. The Morgan fingerprint density at radius 1 is 1.53 bits per heavy atom. The van der Waals surface area contributed by atoms with Crippen LogP contribution in [0.5, 0.6) is 0 Å². The number of rotatable bonds is 6. The maximum absolute atomic E-state index is 11.2. The summed E-state index contributed by atoms with van der Waals surface area (Å²) < 4.78 is 4.78. The molecule has 1 aliphatic rings. The molecular formula is C10H19ClN4O4. The molecule has 3 N–H and O–H groups in total. The van der Waals surface area contributed by atoms with E-state index in [1.54, 1.807) is 13.8 Å². The zero-order valence-electron chi connectivity index (χ0n) is 10.9. The number of ether oxygens (including phenoxy) is 1. The third-order valence-electron chi connectivity index (χ3n) is 2.83. The Balaban J connectivity index is 2.48. The number of carbonyl (C=O) groups is 1. The van der Waals surface area contributed by atoms with Crippen LogP contribution in [0, 0.1) is 10.1 Å². The molecule has 0 bridgehead atoms. The number of nitrogens with one attached hydrogen (secondary N) is 3. The molecule has 0 aromatic rings. The van der Waals surface area contributed by atoms with Crippen molar-refractivity contribution in [3.05, 3.63) is 10.1 Å². The van der Waals surface area contributed by atoms with Crippen LogP contribution in [0.1, 0.15) is 20.3 Å². The van der Waals surface area contributed by atoms with Crippen molar-refractivity contribution in [2.24, 2.45) is 0 Å². The summed E-state index contributed by atoms with van der Waals surface area (Å²) in [6.45, 7) is 4.03. The fourth-order valence-electron chi connectivity index (χ4n) is 1.97. The van der Waals surface area contributed by atoms with Gasteiger partial charge in [0, 0.05) is 11.5 Å². The first-order valence-corrected chi connectivity index (χ1v) is 6.58. The van der Waals surface area contributed by atoms with Crippen LogP contribution in [-0.2, 0) is 9.53 Å². The largest absolute Gasteiger partial charge is 0.466 e. The molecular weight excluding hydrogens is 276 g/mol. The maximum Gasteiger partial charge on any atom is 0.307 e. The monoisotopic (exact) mass is 294 g/mol. The summed E-state index contributed by atoms with van der Waals surface area (Å²) in [5, 5.41) is 19.6. The van der Waals surface area contributed by atoms with Gasteiger partial charge in [-0.2, -0.15) is 0 Å². The van der Waals surface area contributed by atoms with Gasteiger partial charge in [0.25, 0.3) is 6.04 Å². The van der Waals surface area contributed by atoms with Crippen LogP contribution < -0.4 is 16.0 Å². The van der Waals surface area contributed by atoms with Crippen molar-refractivity contribution < 1.29 is 14.5 Å². The summed E-state index contributed by atoms with van der Waals surface area (Å²) in [7, 11) is 0. The van der Waals surface area contributed by atoms with Gasteiger partial charge in [0.1, 0.15) is 11.8 Å². The standard InChI is InChI=1S/C10H19ClN4O4/c1-3-19-7(16)4-5-12-9-8(15(17)18)6(2)13-10(11)14-9/h6,8-10,12-14H,3-5H2,1-2H3/t6-,8+,9-,10-/m0/s1. The van der Waals surface area contributed by atoms with Gasteiger partial charge in [0.15, 0.2) is 0 Å². The van der Waals surface area contributed by atoms with Gasteiger partial charge >= 0.3 is 5.97 Å². The highest BCUT2D eigenvalue weighted by molar-refractivity contribution is 6.20. The number of alkyl halides is 1. The highest BCUT2D eigenvalue weighted by Crippen LogP contribution is 2.11. The highest BCUT2D eigenvalue weighted by Gasteiger charge is 2.42. The van der Waals surface area contributed by atoms with Crippen molar-refractivity contribution in [1.82, 2.24) is 16.0 Å². The van der Waals surface area contributed by atoms with Crippen LogP contribution in [0.25, 0.3) is 0 Å². The lowest BCUT2D eigenvalue weighted by Crippen LogP contribution is -2.69. The van der Waals surface area contributed by atoms with Crippen molar-refractivity contribution in [3.8, 4) is 0 Å². The van der Waals surface area contributed by atoms with Crippen LogP contribution in [0.4, 0.5) is 0 Å². The molecule has 0 aliphatic carbocycles. The number of hydrogen-bond acceptors (Lipinski definition) is 7. The number of nitrogens with zero attached hydrogens (tertiary/aromatic N) is 1. The molecule has 1 heterocycles. The van der Waals surface area contributed by atoms with E-state index in [0.717, 1.165) is 0 Å². The minimum absolute atomic E-state index is 0.158. The normalized spacial score (nSPS) is 30.9. The molecule has 1 rings (SSSR count). The predicted octanol–water partition coefficient (Wildman–Crippen LogP) is -0.396. The lowest BCUT2D eigenvalue weighted by Gasteiger charge is -2.35. The zero-order chi connectivity index (χ0) is 14.4. The molecule has 1 fully saturated rings. The lowest BCUT2D eigenvalue weighted by molar-refractivity contribution is -0.534. The minimum atomic E-state index is -0.864. The number of nitro groups is 1. The van der Waals surface area contributed by atoms with Gasteiger partial charge < -0.3 is 4.74 Å². The molecule has 0 aromatic carbocycles. The van der Waals surface area contributed by atoms with Gasteiger partial charge in [-0.15, -0.1) is 0 Å². The summed E-state index contributed by atoms with van der Waals surface area (Å²) in [5.74, 6) is -0.336. The van der Waals surface area contributed by atoms with Crippen LogP contribution >= 0.6 is 11.6 Å². The average Bonchev–Trinajstić information content (AvgIpc) is 2.27. The first-order chi connectivity index (χ1) is 8.95. The molecule has 0 spiro atoms. The molecule has 9 heteroatoms. The quantitative estimate of drug-likeness (QED) is 0.201. The van der Waals surface area contributed by atoms with E-state index in [0.29, 0.717) is 6.61 Å². The first kappa shape index (κ1) is 16.1. The van der Waals surface area contributed by atoms with E-state index >= 15 is 0 Å². The molecule has 8 nitrogen and oxygen atoms in total. The minimum Gasteiger partial charge on any atom is -0.466 e. The molecule has 1 saturated heterocycles. The fraction of sp³-hybridized carbons (Fsp3) is 0.900. The Bertz CT molecular complexity index is 331. The Kier molecular flexibility index (Phi) is 6.43. The molecule has 0 radical (unpaired) electrons. The average molecular weight is 295 g/mol. The van der Waals surface area contributed by atoms with Gasteiger partial charge in [-0.1, -0.05) is 11.6 Å². The maximum atomic E-state index is 11.2. The molecule has 0 amide bonds. The summed E-state index contributed by atoms with van der Waals surface area (Å²) in [4.78, 5) is 21.8. The highest BCUT2D eigenvalue weighted by atomic mass is 35.5. The van der Waals surface area contributed by atoms with Crippen molar-refractivity contribution in [2.75, 3.05) is 13.2 Å². The smallest absolute Gasteiger partial charge is 0.307 e. The molecule has 0 aromatic heterocycles. The number of carbonyl (C=O) groups excluding carboxylic acids is 1. The van der Waals surface area contributed by atoms with Crippen molar-refractivity contribution in [3.63, 3.8) is 0 Å². The number of esters is 1. The molecule has 0 saturated carbocycles. The lowest BCUT2D eigenvalue weighted by atomic mass is 10.1. The first-order valence-electron chi connectivity index (χ1n) is 6.14. The van der Waals surface area contributed by atoms with Crippen molar-refractivity contribution in [2.45, 2.75) is 44.1 Å². The molecule has 1 aliphatic heterocycles. The third kappa shape index (κ3) is 4.90. The van der Waals surface area contributed by atoms with E-state index in [1.165, 1.54) is 0 Å². The van der Waals surface area contributed by atoms with Crippen LogP contribution in [-0.4, -0.2) is 47.9 Å². The van der Waals surface area contributed by atoms with Gasteiger partial charge in [-0.05, 0) is 13.8 Å². The van der Waals surface area contributed by atoms with E-state index in [9.17, 15) is 14.9 Å². The molecule has 0 unspecified atom stereocenters. The second-order valence-corrected chi connectivity index (χ2v) is 4.68. The second-order valence-electron chi connectivity index (χ2n) is 4.25. The van der Waals surface area contributed by atoms with E-state index < -0.39 is 17.8 Å². The van der Waals surface area contributed by atoms with E-state index in [-0.39, 0.29) is 29.9 Å². The fourth-order valence-corrected chi connectivity index (χ4v) is 2.30. The molecule has 110 valence electrons. The molecule has 19 heavy (non-hydrogen) atoms. The Labute approximate surface area is 116 Å². The summed E-state index contributed by atoms with van der Waals surface area (Å²) in [5.41, 5.74) is -0.550. The summed E-state index contributed by atoms with van der Waals surface area (Å²) >= 11 is 5.89. The van der Waals surface area contributed by atoms with Crippen LogP contribution in [0.2, 0.25) is 0 Å². The predicted molar refractivity (Wildman–Crippen MR) is 69.2 cm³/mol. The van der Waals surface area contributed by atoms with Crippen LogP contribution in [0.15, 0.2) is 0 Å². The van der Waals surface area contributed by atoms with Gasteiger partial charge in [0.05, 0.1) is 19.1 Å². The second kappa shape index (κ2) is 7.59. The Morgan fingerprint density at radius 2 is 2.21 bits per heavy atom.